The Morgan fingerprint density at radius 2 is 1.86 bits per heavy atom. The Morgan fingerprint density at radius 3 is 2.41 bits per heavy atom. The molecule has 0 aliphatic rings. The van der Waals surface area contributed by atoms with Crippen LogP contribution in [-0.4, -0.2) is 10.9 Å². The van der Waals surface area contributed by atoms with E-state index in [9.17, 15) is 18.0 Å². The number of nitrogens with one attached hydrogen (secondary N) is 1. The van der Waals surface area contributed by atoms with E-state index in [1.165, 1.54) is 6.92 Å². The summed E-state index contributed by atoms with van der Waals surface area (Å²) in [4.78, 5) is 15.6. The average Bonchev–Trinajstić information content (AvgIpc) is 2.40. The average molecular weight is 373 g/mol. The highest BCUT2D eigenvalue weighted by atomic mass is 79.9. The van der Waals surface area contributed by atoms with E-state index in [2.05, 4.69) is 26.2 Å². The third kappa shape index (κ3) is 3.65. The second-order valence-corrected chi connectivity index (χ2v) is 5.66. The van der Waals surface area contributed by atoms with Crippen LogP contribution in [0.25, 0.3) is 0 Å². The summed E-state index contributed by atoms with van der Waals surface area (Å²) in [6.07, 6.45) is -4.53. The molecule has 1 N–H and O–H groups in total. The number of alkyl halides is 3. The van der Waals surface area contributed by atoms with Crippen LogP contribution < -0.4 is 5.32 Å². The lowest BCUT2D eigenvalue weighted by atomic mass is 10.1. The summed E-state index contributed by atoms with van der Waals surface area (Å²) in [5.74, 6) is -0.496. The van der Waals surface area contributed by atoms with Crippen molar-refractivity contribution in [3.63, 3.8) is 0 Å². The highest BCUT2D eigenvalue weighted by Crippen LogP contribution is 2.28. The second kappa shape index (κ2) is 6.08. The molecule has 0 fully saturated rings. The number of rotatable bonds is 2. The standard InChI is InChI=1S/C15H12BrF3N2O/c1-8-7-10(16)3-5-12(8)21-14(22)11-4-6-13(15(17,18)19)20-9(11)2/h3-7H,1-2H3,(H,21,22). The quantitative estimate of drug-likeness (QED) is 0.827. The van der Waals surface area contributed by atoms with Gasteiger partial charge in [0.05, 0.1) is 11.3 Å². The summed E-state index contributed by atoms with van der Waals surface area (Å²) >= 11 is 3.32. The minimum atomic E-state index is -4.53. The number of carbonyl (C=O) groups excluding carboxylic acids is 1. The van der Waals surface area contributed by atoms with E-state index in [4.69, 9.17) is 0 Å². The summed E-state index contributed by atoms with van der Waals surface area (Å²) in [6.45, 7) is 3.19. The molecule has 1 aromatic carbocycles. The predicted octanol–water partition coefficient (Wildman–Crippen LogP) is 4.73. The number of nitrogens with zero attached hydrogens (tertiary/aromatic N) is 1. The smallest absolute Gasteiger partial charge is 0.322 e. The van der Waals surface area contributed by atoms with Gasteiger partial charge in [0.2, 0.25) is 0 Å². The molecular weight excluding hydrogens is 361 g/mol. The van der Waals surface area contributed by atoms with Gasteiger partial charge in [-0.3, -0.25) is 4.79 Å². The monoisotopic (exact) mass is 372 g/mol. The maximum atomic E-state index is 12.6. The zero-order chi connectivity index (χ0) is 16.5. The van der Waals surface area contributed by atoms with Gasteiger partial charge in [-0.15, -0.1) is 0 Å². The molecule has 0 radical (unpaired) electrons. The number of anilines is 1. The molecule has 0 aliphatic heterocycles. The summed E-state index contributed by atoms with van der Waals surface area (Å²) in [5, 5.41) is 2.67. The maximum Gasteiger partial charge on any atom is 0.433 e. The van der Waals surface area contributed by atoms with Crippen LogP contribution >= 0.6 is 15.9 Å². The zero-order valence-corrected chi connectivity index (χ0v) is 13.3. The Kier molecular flexibility index (Phi) is 4.55. The molecule has 3 nitrogen and oxygen atoms in total. The molecule has 1 amide bonds. The Balaban J connectivity index is 2.26. The Bertz CT molecular complexity index is 729. The summed E-state index contributed by atoms with van der Waals surface area (Å²) in [7, 11) is 0. The second-order valence-electron chi connectivity index (χ2n) is 4.74. The van der Waals surface area contributed by atoms with Crippen molar-refractivity contribution in [3.8, 4) is 0 Å². The fourth-order valence-corrected chi connectivity index (χ4v) is 2.39. The van der Waals surface area contributed by atoms with Gasteiger partial charge in [0.25, 0.3) is 5.91 Å². The minimum Gasteiger partial charge on any atom is -0.322 e. The molecule has 7 heteroatoms. The number of aromatic nitrogens is 1. The summed E-state index contributed by atoms with van der Waals surface area (Å²) < 4.78 is 38.6. The van der Waals surface area contributed by atoms with Crippen LogP contribution in [0.5, 0.6) is 0 Å². The van der Waals surface area contributed by atoms with E-state index >= 15 is 0 Å². The number of carbonyl (C=O) groups is 1. The Hall–Kier alpha value is -1.89. The lowest BCUT2D eigenvalue weighted by Crippen LogP contribution is -2.17. The summed E-state index contributed by atoms with van der Waals surface area (Å²) in [6, 6.07) is 7.24. The first-order valence-corrected chi connectivity index (χ1v) is 7.10. The molecule has 1 aromatic heterocycles. The van der Waals surface area contributed by atoms with Crippen molar-refractivity contribution in [2.75, 3.05) is 5.32 Å². The largest absolute Gasteiger partial charge is 0.433 e. The number of halogens is 4. The third-order valence-electron chi connectivity index (χ3n) is 3.06. The number of pyridine rings is 1. The molecule has 0 bridgehead atoms. The zero-order valence-electron chi connectivity index (χ0n) is 11.8. The number of benzene rings is 1. The fourth-order valence-electron chi connectivity index (χ4n) is 1.92. The number of aryl methyl sites for hydroxylation is 2. The van der Waals surface area contributed by atoms with Crippen molar-refractivity contribution in [1.29, 1.82) is 0 Å². The van der Waals surface area contributed by atoms with E-state index in [-0.39, 0.29) is 11.3 Å². The molecule has 1 heterocycles. The molecule has 0 aliphatic carbocycles. The van der Waals surface area contributed by atoms with Crippen molar-refractivity contribution < 1.29 is 18.0 Å². The molecule has 0 spiro atoms. The van der Waals surface area contributed by atoms with Crippen LogP contribution in [0.3, 0.4) is 0 Å². The SMILES string of the molecule is Cc1cc(Br)ccc1NC(=O)c1ccc(C(F)(F)F)nc1C. The summed E-state index contributed by atoms with van der Waals surface area (Å²) in [5.41, 5.74) is 0.548. The number of hydrogen-bond donors (Lipinski definition) is 1. The topological polar surface area (TPSA) is 42.0 Å². The van der Waals surface area contributed by atoms with Gasteiger partial charge in [-0.2, -0.15) is 13.2 Å². The fraction of sp³-hybridized carbons (Fsp3) is 0.200. The van der Waals surface area contributed by atoms with Crippen molar-refractivity contribution in [2.45, 2.75) is 20.0 Å². The molecule has 0 saturated carbocycles. The maximum absolute atomic E-state index is 12.6. The number of hydrogen-bond acceptors (Lipinski definition) is 2. The highest BCUT2D eigenvalue weighted by molar-refractivity contribution is 9.10. The van der Waals surface area contributed by atoms with E-state index in [0.717, 1.165) is 22.2 Å². The van der Waals surface area contributed by atoms with Crippen molar-refractivity contribution in [2.24, 2.45) is 0 Å². The molecular formula is C15H12BrF3N2O. The van der Waals surface area contributed by atoms with Crippen molar-refractivity contribution in [3.05, 3.63) is 57.3 Å². The van der Waals surface area contributed by atoms with Crippen molar-refractivity contribution >= 4 is 27.5 Å². The molecule has 0 saturated heterocycles. The normalized spacial score (nSPS) is 11.4. The van der Waals surface area contributed by atoms with E-state index in [1.807, 2.05) is 13.0 Å². The van der Waals surface area contributed by atoms with Crippen LogP contribution in [0, 0.1) is 13.8 Å². The van der Waals surface area contributed by atoms with Crippen molar-refractivity contribution in [1.82, 2.24) is 4.98 Å². The first kappa shape index (κ1) is 16.5. The molecule has 116 valence electrons. The first-order valence-electron chi connectivity index (χ1n) is 6.31. The van der Waals surface area contributed by atoms with Gasteiger partial charge in [-0.25, -0.2) is 4.98 Å². The van der Waals surface area contributed by atoms with E-state index < -0.39 is 17.8 Å². The third-order valence-corrected chi connectivity index (χ3v) is 3.55. The van der Waals surface area contributed by atoms with Gasteiger partial charge in [-0.05, 0) is 49.7 Å². The van der Waals surface area contributed by atoms with Gasteiger partial charge in [0.15, 0.2) is 0 Å². The lowest BCUT2D eigenvalue weighted by molar-refractivity contribution is -0.141. The minimum absolute atomic E-state index is 0.0297. The van der Waals surface area contributed by atoms with Gasteiger partial charge >= 0.3 is 6.18 Å². The predicted molar refractivity (Wildman–Crippen MR) is 80.8 cm³/mol. The van der Waals surface area contributed by atoms with Gasteiger partial charge in [0.1, 0.15) is 5.69 Å². The van der Waals surface area contributed by atoms with Gasteiger partial charge in [-0.1, -0.05) is 15.9 Å². The van der Waals surface area contributed by atoms with Crippen LogP contribution in [-0.2, 0) is 6.18 Å². The highest BCUT2D eigenvalue weighted by Gasteiger charge is 2.33. The lowest BCUT2D eigenvalue weighted by Gasteiger charge is -2.12. The van der Waals surface area contributed by atoms with E-state index in [1.54, 1.807) is 12.1 Å². The van der Waals surface area contributed by atoms with Crippen LogP contribution in [0.15, 0.2) is 34.8 Å². The molecule has 22 heavy (non-hydrogen) atoms. The van der Waals surface area contributed by atoms with Crippen LogP contribution in [0.1, 0.15) is 27.3 Å². The van der Waals surface area contributed by atoms with Gasteiger partial charge in [0, 0.05) is 10.2 Å². The van der Waals surface area contributed by atoms with Gasteiger partial charge < -0.3 is 5.32 Å². The molecule has 0 unspecified atom stereocenters. The molecule has 2 aromatic rings. The number of amides is 1. The van der Waals surface area contributed by atoms with E-state index in [0.29, 0.717) is 5.69 Å². The first-order chi connectivity index (χ1) is 10.2. The Labute approximate surface area is 133 Å². The molecule has 0 atom stereocenters. The van der Waals surface area contributed by atoms with Crippen LogP contribution in [0.4, 0.5) is 18.9 Å². The molecule has 2 rings (SSSR count). The Morgan fingerprint density at radius 1 is 1.18 bits per heavy atom. The van der Waals surface area contributed by atoms with Crippen LogP contribution in [0.2, 0.25) is 0 Å².